The largest absolute Gasteiger partial charge is 0.497 e. The van der Waals surface area contributed by atoms with E-state index in [1.807, 2.05) is 65.6 Å². The molecule has 286 valence electrons. The molecule has 0 spiro atoms. The van der Waals surface area contributed by atoms with E-state index in [9.17, 15) is 4.79 Å². The number of aromatic nitrogens is 4. The Morgan fingerprint density at radius 2 is 1.53 bits per heavy atom. The first-order valence-electron chi connectivity index (χ1n) is 17.1. The summed E-state index contributed by atoms with van der Waals surface area (Å²) in [6, 6.07) is 22.9. The first-order valence-corrected chi connectivity index (χ1v) is 17.5. The third-order valence-corrected chi connectivity index (χ3v) is 9.15. The van der Waals surface area contributed by atoms with Crippen LogP contribution >= 0.6 is 11.6 Å². The minimum Gasteiger partial charge on any atom is -0.497 e. The molecule has 0 unspecified atom stereocenters. The SMILES string of the molecule is COc1ccc(CN(Cc2ccc(OC)cc2)c2cc(C)c(C(F)(F)F)c(-c3cc4nc[nH]c(=O)c4c(OCCNCc4cccc(OC)n4)c3Cl)n2)cc1. The van der Waals surface area contributed by atoms with Crippen LogP contribution < -0.4 is 34.7 Å². The van der Waals surface area contributed by atoms with E-state index in [4.69, 9.17) is 35.5 Å². The fourth-order valence-corrected chi connectivity index (χ4v) is 6.38. The second-order valence-corrected chi connectivity index (χ2v) is 12.8. The third-order valence-electron chi connectivity index (χ3n) is 8.78. The number of benzene rings is 3. The van der Waals surface area contributed by atoms with Crippen molar-refractivity contribution in [1.82, 2.24) is 25.3 Å². The molecule has 0 radical (unpaired) electrons. The zero-order valence-corrected chi connectivity index (χ0v) is 31.2. The first kappa shape index (κ1) is 38.9. The molecule has 0 amide bonds. The van der Waals surface area contributed by atoms with Crippen LogP contribution in [0.1, 0.15) is 27.9 Å². The lowest BCUT2D eigenvalue weighted by molar-refractivity contribution is -0.137. The highest BCUT2D eigenvalue weighted by Gasteiger charge is 2.38. The van der Waals surface area contributed by atoms with E-state index < -0.39 is 23.0 Å². The predicted molar refractivity (Wildman–Crippen MR) is 204 cm³/mol. The standard InChI is InChI=1S/C40H38ClF3N6O5/c1-24-18-32(50(21-25-8-12-28(52-2)13-9-25)22-26-10-14-29(53-3)15-11-26)49-37(35(24)40(42,43)44)30-19-31-34(39(51)47-23-46-31)38(36(30)41)55-17-16-45-20-27-6-5-7-33(48-27)54-4/h5-15,18-19,23,45H,16-17,20-22H2,1-4H3,(H,46,47,51). The molecule has 0 fully saturated rings. The van der Waals surface area contributed by atoms with E-state index >= 15 is 13.2 Å². The number of pyridine rings is 2. The number of hydrogen-bond acceptors (Lipinski definition) is 10. The van der Waals surface area contributed by atoms with Crippen LogP contribution in [-0.2, 0) is 25.8 Å². The molecule has 0 aliphatic carbocycles. The van der Waals surface area contributed by atoms with Gasteiger partial charge in [-0.2, -0.15) is 13.2 Å². The van der Waals surface area contributed by atoms with Gasteiger partial charge in [-0.1, -0.05) is 41.9 Å². The van der Waals surface area contributed by atoms with Crippen molar-refractivity contribution < 1.29 is 32.1 Å². The number of nitrogens with zero attached hydrogens (tertiary/aromatic N) is 4. The molecule has 6 rings (SSSR count). The smallest absolute Gasteiger partial charge is 0.418 e. The van der Waals surface area contributed by atoms with Gasteiger partial charge in [0.1, 0.15) is 29.3 Å². The molecule has 6 aromatic rings. The number of methoxy groups -OCH3 is 3. The number of H-pyrrole nitrogens is 1. The summed E-state index contributed by atoms with van der Waals surface area (Å²) in [7, 11) is 4.66. The highest BCUT2D eigenvalue weighted by atomic mass is 35.5. The molecule has 3 aromatic carbocycles. The maximum Gasteiger partial charge on any atom is 0.418 e. The van der Waals surface area contributed by atoms with E-state index in [-0.39, 0.29) is 51.8 Å². The van der Waals surface area contributed by atoms with Crippen molar-refractivity contribution in [3.63, 3.8) is 0 Å². The summed E-state index contributed by atoms with van der Waals surface area (Å²) in [5, 5.41) is 2.97. The van der Waals surface area contributed by atoms with Crippen LogP contribution in [0.15, 0.2) is 90.0 Å². The van der Waals surface area contributed by atoms with Gasteiger partial charge in [0.25, 0.3) is 5.56 Å². The molecule has 2 N–H and O–H groups in total. The molecule has 0 aliphatic rings. The van der Waals surface area contributed by atoms with Crippen LogP contribution in [0.3, 0.4) is 0 Å². The van der Waals surface area contributed by atoms with Crippen LogP contribution in [0.25, 0.3) is 22.2 Å². The predicted octanol–water partition coefficient (Wildman–Crippen LogP) is 7.76. The number of aromatic amines is 1. The second kappa shape index (κ2) is 17.1. The minimum atomic E-state index is -4.82. The molecule has 55 heavy (non-hydrogen) atoms. The fraction of sp³-hybridized carbons (Fsp3) is 0.250. The van der Waals surface area contributed by atoms with Crippen LogP contribution in [0.5, 0.6) is 23.1 Å². The zero-order valence-electron chi connectivity index (χ0n) is 30.5. The molecule has 0 saturated carbocycles. The Kier molecular flexibility index (Phi) is 12.1. The maximum atomic E-state index is 15.0. The summed E-state index contributed by atoms with van der Waals surface area (Å²) in [4.78, 5) is 30.8. The normalized spacial score (nSPS) is 11.4. The Morgan fingerprint density at radius 1 is 0.873 bits per heavy atom. The van der Waals surface area contributed by atoms with Gasteiger partial charge < -0.3 is 34.1 Å². The number of aryl methyl sites for hydroxylation is 1. The number of fused-ring (bicyclic) bond motifs is 1. The Hall–Kier alpha value is -5.86. The van der Waals surface area contributed by atoms with Gasteiger partial charge in [-0.15, -0.1) is 0 Å². The summed E-state index contributed by atoms with van der Waals surface area (Å²) in [6.07, 6.45) is -3.65. The number of ether oxygens (including phenoxy) is 4. The van der Waals surface area contributed by atoms with Crippen LogP contribution in [0, 0.1) is 6.92 Å². The lowest BCUT2D eigenvalue weighted by Gasteiger charge is -2.27. The molecule has 0 aliphatic heterocycles. The highest BCUT2D eigenvalue weighted by molar-refractivity contribution is 6.36. The third kappa shape index (κ3) is 9.10. The first-order chi connectivity index (χ1) is 26.5. The summed E-state index contributed by atoms with van der Waals surface area (Å²) in [5.41, 5.74) is 0.394. The molecule has 11 nitrogen and oxygen atoms in total. The molecule has 0 saturated heterocycles. The number of nitrogens with one attached hydrogen (secondary N) is 2. The molecular formula is C40H38ClF3N6O5. The fourth-order valence-electron chi connectivity index (χ4n) is 6.08. The molecule has 0 bridgehead atoms. The maximum absolute atomic E-state index is 15.0. The number of rotatable bonds is 15. The van der Waals surface area contributed by atoms with E-state index in [0.717, 1.165) is 16.8 Å². The average Bonchev–Trinajstić information content (AvgIpc) is 3.18. The van der Waals surface area contributed by atoms with Crippen molar-refractivity contribution in [3.05, 3.63) is 129 Å². The Morgan fingerprint density at radius 3 is 2.13 bits per heavy atom. The van der Waals surface area contributed by atoms with Gasteiger partial charge >= 0.3 is 6.18 Å². The van der Waals surface area contributed by atoms with E-state index in [1.165, 1.54) is 32.5 Å². The summed E-state index contributed by atoms with van der Waals surface area (Å²) >= 11 is 6.96. The quantitative estimate of drug-likeness (QED) is 0.100. The van der Waals surface area contributed by atoms with Gasteiger partial charge in [-0.05, 0) is 66.1 Å². The lowest BCUT2D eigenvalue weighted by Crippen LogP contribution is -2.24. The van der Waals surface area contributed by atoms with Crippen molar-refractivity contribution in [1.29, 1.82) is 0 Å². The van der Waals surface area contributed by atoms with E-state index in [2.05, 4.69) is 20.3 Å². The van der Waals surface area contributed by atoms with E-state index in [0.29, 0.717) is 37.0 Å². The molecular weight excluding hydrogens is 737 g/mol. The molecule has 15 heteroatoms. The lowest BCUT2D eigenvalue weighted by atomic mass is 9.99. The topological polar surface area (TPSA) is 124 Å². The number of hydrogen-bond donors (Lipinski definition) is 2. The van der Waals surface area contributed by atoms with Gasteiger partial charge in [0.05, 0.1) is 55.1 Å². The van der Waals surface area contributed by atoms with Crippen molar-refractivity contribution >= 4 is 28.3 Å². The van der Waals surface area contributed by atoms with Crippen LogP contribution in [-0.4, -0.2) is 54.4 Å². The number of halogens is 4. The van der Waals surface area contributed by atoms with Crippen molar-refractivity contribution in [2.24, 2.45) is 0 Å². The monoisotopic (exact) mass is 774 g/mol. The van der Waals surface area contributed by atoms with Gasteiger partial charge in [-0.25, -0.2) is 15.0 Å². The molecule has 0 atom stereocenters. The van der Waals surface area contributed by atoms with Crippen molar-refractivity contribution in [2.45, 2.75) is 32.7 Å². The Bertz CT molecular complexity index is 2270. The van der Waals surface area contributed by atoms with Gasteiger partial charge in [0.15, 0.2) is 5.75 Å². The van der Waals surface area contributed by atoms with Crippen LogP contribution in [0.4, 0.5) is 19.0 Å². The van der Waals surface area contributed by atoms with E-state index in [1.54, 1.807) is 20.3 Å². The highest BCUT2D eigenvalue weighted by Crippen LogP contribution is 2.46. The number of alkyl halides is 3. The molecule has 3 heterocycles. The Balaban J connectivity index is 1.42. The summed E-state index contributed by atoms with van der Waals surface area (Å²) < 4.78 is 66.9. The van der Waals surface area contributed by atoms with Gasteiger partial charge in [0, 0.05) is 37.8 Å². The minimum absolute atomic E-state index is 0.00665. The average molecular weight is 775 g/mol. The van der Waals surface area contributed by atoms with Crippen molar-refractivity contribution in [3.8, 4) is 34.4 Å². The zero-order chi connectivity index (χ0) is 39.1. The molecule has 3 aromatic heterocycles. The second-order valence-electron chi connectivity index (χ2n) is 12.5. The summed E-state index contributed by atoms with van der Waals surface area (Å²) in [6.45, 7) is 2.64. The van der Waals surface area contributed by atoms with Crippen molar-refractivity contribution in [2.75, 3.05) is 39.4 Å². The van der Waals surface area contributed by atoms with Crippen LogP contribution in [0.2, 0.25) is 5.02 Å². The van der Waals surface area contributed by atoms with Gasteiger partial charge in [0.2, 0.25) is 5.88 Å². The Labute approximate surface area is 320 Å². The summed E-state index contributed by atoms with van der Waals surface area (Å²) in [5.74, 6) is 1.94. The number of anilines is 1. The van der Waals surface area contributed by atoms with Gasteiger partial charge in [-0.3, -0.25) is 4.79 Å².